The Kier molecular flexibility index (Phi) is 11.2. The molecule has 5 rings (SSSR count). The second kappa shape index (κ2) is 15.2. The number of hydrogen-bond donors (Lipinski definition) is 1. The van der Waals surface area contributed by atoms with Crippen molar-refractivity contribution in [2.24, 2.45) is 0 Å². The number of carbonyl (C=O) groups excluding carboxylic acids is 1. The molecule has 0 atom stereocenters. The first kappa shape index (κ1) is 32.3. The Morgan fingerprint density at radius 3 is 2.52 bits per heavy atom. The number of ether oxygens (including phenoxy) is 3. The third kappa shape index (κ3) is 8.32. The fourth-order valence-corrected chi connectivity index (χ4v) is 6.43. The van der Waals surface area contributed by atoms with E-state index in [1.807, 2.05) is 30.3 Å². The molecule has 0 bridgehead atoms. The molecule has 0 aliphatic carbocycles. The highest BCUT2D eigenvalue weighted by Gasteiger charge is 2.32. The number of nitrogens with zero attached hydrogens (tertiary/aromatic N) is 2. The monoisotopic (exact) mass is 672 g/mol. The zero-order chi connectivity index (χ0) is 31.1. The number of amides is 1. The third-order valence-electron chi connectivity index (χ3n) is 7.07. The number of halogens is 2. The number of hydrogen-bond acceptors (Lipinski definition) is 8. The van der Waals surface area contributed by atoms with E-state index in [0.717, 1.165) is 36.3 Å². The van der Waals surface area contributed by atoms with Crippen LogP contribution in [0.3, 0.4) is 0 Å². The minimum absolute atomic E-state index is 0.184. The van der Waals surface area contributed by atoms with Crippen LogP contribution in [0.5, 0.6) is 11.5 Å². The Bertz CT molecular complexity index is 1560. The lowest BCUT2D eigenvalue weighted by Crippen LogP contribution is -2.38. The highest BCUT2D eigenvalue weighted by molar-refractivity contribution is 8.26. The Labute approximate surface area is 275 Å². The molecule has 8 nitrogen and oxygen atoms in total. The lowest BCUT2D eigenvalue weighted by molar-refractivity contribution is -0.122. The Morgan fingerprint density at radius 1 is 1.00 bits per heavy atom. The van der Waals surface area contributed by atoms with Gasteiger partial charge in [0.1, 0.15) is 22.4 Å². The van der Waals surface area contributed by atoms with Crippen LogP contribution in [0.15, 0.2) is 65.6 Å². The summed E-state index contributed by atoms with van der Waals surface area (Å²) >= 11 is 19.6. The lowest BCUT2D eigenvalue weighted by Gasteiger charge is -2.26. The molecule has 2 aliphatic heterocycles. The normalized spacial score (nSPS) is 16.5. The Balaban J connectivity index is 1.28. The maximum absolute atomic E-state index is 13.4. The Morgan fingerprint density at radius 2 is 1.77 bits per heavy atom. The number of carbonyl (C=O) groups is 2. The summed E-state index contributed by atoms with van der Waals surface area (Å²) in [7, 11) is 0. The maximum atomic E-state index is 13.4. The maximum Gasteiger partial charge on any atom is 0.335 e. The van der Waals surface area contributed by atoms with Crippen LogP contribution in [0, 0.1) is 0 Å². The van der Waals surface area contributed by atoms with Gasteiger partial charge >= 0.3 is 5.97 Å². The molecule has 44 heavy (non-hydrogen) atoms. The first-order valence-electron chi connectivity index (χ1n) is 14.0. The fraction of sp³-hybridized carbons (Fsp3) is 0.281. The van der Waals surface area contributed by atoms with Crippen molar-refractivity contribution in [3.8, 4) is 22.6 Å². The molecule has 230 valence electrons. The van der Waals surface area contributed by atoms with Crippen LogP contribution in [0.4, 0.5) is 0 Å². The van der Waals surface area contributed by atoms with Crippen molar-refractivity contribution in [3.05, 3.63) is 86.7 Å². The van der Waals surface area contributed by atoms with E-state index in [1.165, 1.54) is 23.9 Å². The first-order chi connectivity index (χ1) is 21.3. The molecule has 12 heteroatoms. The number of carboxylic acid groups (broad SMARTS) is 1. The minimum Gasteiger partial charge on any atom is -0.494 e. The van der Waals surface area contributed by atoms with E-state index in [4.69, 9.17) is 54.7 Å². The van der Waals surface area contributed by atoms with E-state index >= 15 is 0 Å². The van der Waals surface area contributed by atoms with Crippen molar-refractivity contribution >= 4 is 69.5 Å². The molecule has 2 aliphatic rings. The van der Waals surface area contributed by atoms with Crippen LogP contribution in [0.1, 0.15) is 22.3 Å². The predicted octanol–water partition coefficient (Wildman–Crippen LogP) is 6.74. The second-order valence-electron chi connectivity index (χ2n) is 10.0. The van der Waals surface area contributed by atoms with Crippen LogP contribution in [-0.2, 0) is 9.53 Å². The van der Waals surface area contributed by atoms with E-state index in [9.17, 15) is 9.59 Å². The second-order valence-corrected chi connectivity index (χ2v) is 12.6. The molecule has 0 radical (unpaired) electrons. The van der Waals surface area contributed by atoms with Gasteiger partial charge in [0.15, 0.2) is 0 Å². The number of rotatable bonds is 12. The minimum atomic E-state index is -0.995. The van der Waals surface area contributed by atoms with Gasteiger partial charge in [0.25, 0.3) is 5.91 Å². The van der Waals surface area contributed by atoms with Crippen LogP contribution in [-0.4, -0.2) is 83.7 Å². The van der Waals surface area contributed by atoms with Crippen LogP contribution in [0.25, 0.3) is 17.2 Å². The molecule has 2 heterocycles. The molecule has 0 aromatic heterocycles. The van der Waals surface area contributed by atoms with Gasteiger partial charge in [-0.3, -0.25) is 14.6 Å². The number of carboxylic acids is 1. The molecule has 2 fully saturated rings. The van der Waals surface area contributed by atoms with Crippen molar-refractivity contribution in [3.63, 3.8) is 0 Å². The molecule has 0 saturated carbocycles. The average molecular weight is 674 g/mol. The van der Waals surface area contributed by atoms with Gasteiger partial charge in [0.2, 0.25) is 0 Å². The lowest BCUT2D eigenvalue weighted by atomic mass is 10.0. The number of aromatic carboxylic acids is 1. The van der Waals surface area contributed by atoms with E-state index in [-0.39, 0.29) is 11.5 Å². The van der Waals surface area contributed by atoms with Gasteiger partial charge in [0, 0.05) is 47.4 Å². The molecule has 3 aromatic carbocycles. The highest BCUT2D eigenvalue weighted by Crippen LogP contribution is 2.37. The zero-order valence-electron chi connectivity index (χ0n) is 23.7. The highest BCUT2D eigenvalue weighted by atomic mass is 35.5. The summed E-state index contributed by atoms with van der Waals surface area (Å²) in [4.78, 5) is 28.8. The SMILES string of the molecule is O=C(O)c1ccc(OCCCN2C(=O)/C(=C/c3cc(-c4cc(Cl)ccc4Cl)ccc3OCCN3CCOCC3)SC2=S)cc1. The van der Waals surface area contributed by atoms with Gasteiger partial charge in [-0.05, 0) is 72.7 Å². The van der Waals surface area contributed by atoms with Gasteiger partial charge in [-0.15, -0.1) is 0 Å². The van der Waals surface area contributed by atoms with Gasteiger partial charge in [-0.25, -0.2) is 4.79 Å². The van der Waals surface area contributed by atoms with E-state index in [2.05, 4.69) is 4.90 Å². The topological polar surface area (TPSA) is 88.5 Å². The molecule has 1 N–H and O–H groups in total. The Hall–Kier alpha value is -3.12. The van der Waals surface area contributed by atoms with Crippen LogP contribution >= 0.6 is 47.2 Å². The summed E-state index contributed by atoms with van der Waals surface area (Å²) in [6.07, 6.45) is 2.35. The number of thiocarbonyl (C=S) groups is 1. The van der Waals surface area contributed by atoms with E-state index in [0.29, 0.717) is 70.2 Å². The molecule has 0 spiro atoms. The number of benzene rings is 3. The summed E-state index contributed by atoms with van der Waals surface area (Å²) in [6, 6.07) is 17.3. The van der Waals surface area contributed by atoms with Gasteiger partial charge in [0.05, 0.1) is 30.3 Å². The van der Waals surface area contributed by atoms with Gasteiger partial charge in [-0.1, -0.05) is 53.2 Å². The zero-order valence-corrected chi connectivity index (χ0v) is 26.8. The molecule has 0 unspecified atom stereocenters. The van der Waals surface area contributed by atoms with E-state index < -0.39 is 5.97 Å². The molecule has 1 amide bonds. The fourth-order valence-electron chi connectivity index (χ4n) is 4.73. The number of morpholine rings is 1. The van der Waals surface area contributed by atoms with Crippen LogP contribution in [0.2, 0.25) is 10.0 Å². The van der Waals surface area contributed by atoms with E-state index in [1.54, 1.807) is 29.2 Å². The molecule has 3 aromatic rings. The van der Waals surface area contributed by atoms with Crippen molar-refractivity contribution in [2.75, 3.05) is 52.6 Å². The van der Waals surface area contributed by atoms with Gasteiger partial charge in [-0.2, -0.15) is 0 Å². The average Bonchev–Trinajstić information content (AvgIpc) is 3.29. The summed E-state index contributed by atoms with van der Waals surface area (Å²) < 4.78 is 17.8. The summed E-state index contributed by atoms with van der Waals surface area (Å²) in [5, 5.41) is 10.2. The van der Waals surface area contributed by atoms with Crippen molar-refractivity contribution < 1.29 is 28.9 Å². The first-order valence-corrected chi connectivity index (χ1v) is 16.0. The quantitative estimate of drug-likeness (QED) is 0.128. The molecular formula is C32H30Cl2N2O6S2. The molecule has 2 saturated heterocycles. The number of thioether (sulfide) groups is 1. The third-order valence-corrected chi connectivity index (χ3v) is 9.02. The van der Waals surface area contributed by atoms with Crippen molar-refractivity contribution in [1.82, 2.24) is 9.80 Å². The van der Waals surface area contributed by atoms with Gasteiger partial charge < -0.3 is 19.3 Å². The smallest absolute Gasteiger partial charge is 0.335 e. The van der Waals surface area contributed by atoms with Crippen LogP contribution < -0.4 is 9.47 Å². The summed E-state index contributed by atoms with van der Waals surface area (Å²) in [5.41, 5.74) is 2.54. The van der Waals surface area contributed by atoms with Crippen molar-refractivity contribution in [1.29, 1.82) is 0 Å². The largest absolute Gasteiger partial charge is 0.494 e. The summed E-state index contributed by atoms with van der Waals surface area (Å²) in [6.45, 7) is 5.14. The summed E-state index contributed by atoms with van der Waals surface area (Å²) in [5.74, 6) is 0.0239. The van der Waals surface area contributed by atoms with Crippen molar-refractivity contribution in [2.45, 2.75) is 6.42 Å². The standard InChI is InChI=1S/C32H30Cl2N2O6S2/c33-24-5-8-27(34)26(20-24)22-4-9-28(42-17-13-35-11-15-40-16-12-35)23(18-22)19-29-30(37)36(32(43)44-29)10-1-14-41-25-6-2-21(3-7-25)31(38)39/h2-9,18-20H,1,10-17H2,(H,38,39)/b29-19-. The molecular weight excluding hydrogens is 643 g/mol. The predicted molar refractivity (Wildman–Crippen MR) is 178 cm³/mol.